The van der Waals surface area contributed by atoms with Crippen molar-refractivity contribution in [3.63, 3.8) is 0 Å². The largest absolute Gasteiger partial charge is 0.327 e. The summed E-state index contributed by atoms with van der Waals surface area (Å²) in [6.45, 7) is 6.41. The fourth-order valence-electron chi connectivity index (χ4n) is 1.10. The van der Waals surface area contributed by atoms with E-state index in [0.29, 0.717) is 5.69 Å². The highest BCUT2D eigenvalue weighted by Gasteiger charge is 2.17. The van der Waals surface area contributed by atoms with Gasteiger partial charge in [-0.15, -0.1) is 12.4 Å². The summed E-state index contributed by atoms with van der Waals surface area (Å²) < 4.78 is 1.76. The Morgan fingerprint density at radius 3 is 2.69 bits per heavy atom. The standard InChI is InChI=1S/C10H18N4O.ClH/c1-4-14-6-9(5-12-14)13-10(15)7(2)8(3)11;/h5-8H,4,11H2,1-3H3,(H,13,15);1H. The Morgan fingerprint density at radius 1 is 1.62 bits per heavy atom. The van der Waals surface area contributed by atoms with Gasteiger partial charge >= 0.3 is 0 Å². The predicted octanol–water partition coefficient (Wildman–Crippen LogP) is 1.25. The van der Waals surface area contributed by atoms with Crippen LogP contribution in [0.15, 0.2) is 12.4 Å². The second-order valence-electron chi connectivity index (χ2n) is 3.72. The first kappa shape index (κ1) is 14.9. The summed E-state index contributed by atoms with van der Waals surface area (Å²) in [6, 6.07) is -0.147. The number of hydrogen-bond acceptors (Lipinski definition) is 3. The number of halogens is 1. The number of nitrogens with one attached hydrogen (secondary N) is 1. The average molecular weight is 247 g/mol. The zero-order valence-corrected chi connectivity index (χ0v) is 10.6. The van der Waals surface area contributed by atoms with Crippen molar-refractivity contribution in [1.29, 1.82) is 0 Å². The molecule has 0 fully saturated rings. The topological polar surface area (TPSA) is 72.9 Å². The maximum atomic E-state index is 11.6. The summed E-state index contributed by atoms with van der Waals surface area (Å²) in [7, 11) is 0. The third-order valence-corrected chi connectivity index (χ3v) is 2.43. The van der Waals surface area contributed by atoms with E-state index in [1.807, 2.05) is 20.8 Å². The molecule has 6 heteroatoms. The second-order valence-corrected chi connectivity index (χ2v) is 3.72. The molecule has 3 N–H and O–H groups in total. The van der Waals surface area contributed by atoms with Gasteiger partial charge in [0.25, 0.3) is 0 Å². The number of amides is 1. The lowest BCUT2D eigenvalue weighted by Gasteiger charge is -2.14. The van der Waals surface area contributed by atoms with E-state index in [2.05, 4.69) is 10.4 Å². The van der Waals surface area contributed by atoms with Gasteiger partial charge in [-0.05, 0) is 13.8 Å². The van der Waals surface area contributed by atoms with Crippen LogP contribution in [0.1, 0.15) is 20.8 Å². The Bertz CT molecular complexity index is 337. The molecular formula is C10H19ClN4O. The van der Waals surface area contributed by atoms with E-state index in [9.17, 15) is 4.79 Å². The molecule has 2 unspecified atom stereocenters. The van der Waals surface area contributed by atoms with Gasteiger partial charge in [-0.1, -0.05) is 6.92 Å². The van der Waals surface area contributed by atoms with Crippen LogP contribution in [0.4, 0.5) is 5.69 Å². The number of carbonyl (C=O) groups excluding carboxylic acids is 1. The third-order valence-electron chi connectivity index (χ3n) is 2.43. The van der Waals surface area contributed by atoms with Gasteiger partial charge in [-0.25, -0.2) is 0 Å². The van der Waals surface area contributed by atoms with Crippen molar-refractivity contribution in [3.05, 3.63) is 12.4 Å². The minimum absolute atomic E-state index is 0. The van der Waals surface area contributed by atoms with Crippen molar-refractivity contribution in [3.8, 4) is 0 Å². The Balaban J connectivity index is 0.00000225. The normalized spacial score (nSPS) is 13.8. The van der Waals surface area contributed by atoms with Gasteiger partial charge in [0.2, 0.25) is 5.91 Å². The molecule has 1 aromatic rings. The lowest BCUT2D eigenvalue weighted by Crippen LogP contribution is -2.34. The third kappa shape index (κ3) is 3.83. The molecule has 0 aliphatic rings. The first-order valence-electron chi connectivity index (χ1n) is 5.13. The van der Waals surface area contributed by atoms with Crippen LogP contribution in [0.2, 0.25) is 0 Å². The van der Waals surface area contributed by atoms with Crippen molar-refractivity contribution >= 4 is 24.0 Å². The summed E-state index contributed by atoms with van der Waals surface area (Å²) in [5.41, 5.74) is 6.36. The fraction of sp³-hybridized carbons (Fsp3) is 0.600. The van der Waals surface area contributed by atoms with Crippen molar-refractivity contribution in [2.24, 2.45) is 11.7 Å². The average Bonchev–Trinajstić information content (AvgIpc) is 2.64. The molecule has 1 amide bonds. The fourth-order valence-corrected chi connectivity index (χ4v) is 1.10. The van der Waals surface area contributed by atoms with E-state index in [1.165, 1.54) is 0 Å². The minimum atomic E-state index is -0.199. The van der Waals surface area contributed by atoms with E-state index in [0.717, 1.165) is 6.54 Å². The van der Waals surface area contributed by atoms with Crippen molar-refractivity contribution in [2.45, 2.75) is 33.4 Å². The number of aromatic nitrogens is 2. The molecule has 0 spiro atoms. The van der Waals surface area contributed by atoms with Crippen LogP contribution in [0.3, 0.4) is 0 Å². The number of anilines is 1. The molecule has 0 bridgehead atoms. The summed E-state index contributed by atoms with van der Waals surface area (Å²) in [4.78, 5) is 11.6. The maximum Gasteiger partial charge on any atom is 0.228 e. The molecule has 1 rings (SSSR count). The molecule has 0 aromatic carbocycles. The lowest BCUT2D eigenvalue weighted by molar-refractivity contribution is -0.119. The molecule has 1 aromatic heterocycles. The van der Waals surface area contributed by atoms with Crippen LogP contribution < -0.4 is 11.1 Å². The quantitative estimate of drug-likeness (QED) is 0.840. The Morgan fingerprint density at radius 2 is 2.25 bits per heavy atom. The van der Waals surface area contributed by atoms with Gasteiger partial charge in [0.05, 0.1) is 17.8 Å². The van der Waals surface area contributed by atoms with Gasteiger partial charge in [0.1, 0.15) is 0 Å². The minimum Gasteiger partial charge on any atom is -0.327 e. The zero-order chi connectivity index (χ0) is 11.4. The molecule has 2 atom stereocenters. The van der Waals surface area contributed by atoms with E-state index >= 15 is 0 Å². The van der Waals surface area contributed by atoms with Gasteiger partial charge in [0.15, 0.2) is 0 Å². The molecule has 5 nitrogen and oxygen atoms in total. The van der Waals surface area contributed by atoms with Crippen molar-refractivity contribution in [2.75, 3.05) is 5.32 Å². The Hall–Kier alpha value is -1.07. The van der Waals surface area contributed by atoms with E-state index in [-0.39, 0.29) is 30.3 Å². The summed E-state index contributed by atoms with van der Waals surface area (Å²) in [6.07, 6.45) is 3.43. The summed E-state index contributed by atoms with van der Waals surface area (Å²) >= 11 is 0. The molecule has 0 aliphatic carbocycles. The molecular weight excluding hydrogens is 228 g/mol. The smallest absolute Gasteiger partial charge is 0.228 e. The van der Waals surface area contributed by atoms with Crippen LogP contribution >= 0.6 is 12.4 Å². The van der Waals surface area contributed by atoms with E-state index in [1.54, 1.807) is 17.1 Å². The van der Waals surface area contributed by atoms with Crippen molar-refractivity contribution < 1.29 is 4.79 Å². The predicted molar refractivity (Wildman–Crippen MR) is 66.6 cm³/mol. The van der Waals surface area contributed by atoms with Gasteiger partial charge in [-0.2, -0.15) is 5.10 Å². The highest BCUT2D eigenvalue weighted by molar-refractivity contribution is 5.92. The summed E-state index contributed by atoms with van der Waals surface area (Å²) in [5, 5.41) is 6.84. The molecule has 0 radical (unpaired) electrons. The van der Waals surface area contributed by atoms with Gasteiger partial charge in [0, 0.05) is 18.8 Å². The van der Waals surface area contributed by atoms with E-state index in [4.69, 9.17) is 5.73 Å². The number of nitrogens with two attached hydrogens (primary N) is 1. The monoisotopic (exact) mass is 246 g/mol. The lowest BCUT2D eigenvalue weighted by atomic mass is 10.0. The molecule has 0 saturated carbocycles. The number of hydrogen-bond donors (Lipinski definition) is 2. The summed E-state index contributed by atoms with van der Waals surface area (Å²) in [5.74, 6) is -0.268. The van der Waals surface area contributed by atoms with Crippen LogP contribution in [0.5, 0.6) is 0 Å². The number of aryl methyl sites for hydroxylation is 1. The van der Waals surface area contributed by atoms with Gasteiger partial charge in [-0.3, -0.25) is 9.48 Å². The molecule has 0 saturated heterocycles. The molecule has 16 heavy (non-hydrogen) atoms. The van der Waals surface area contributed by atoms with Crippen LogP contribution in [0.25, 0.3) is 0 Å². The second kappa shape index (κ2) is 6.50. The highest BCUT2D eigenvalue weighted by atomic mass is 35.5. The van der Waals surface area contributed by atoms with Gasteiger partial charge < -0.3 is 11.1 Å². The molecule has 92 valence electrons. The van der Waals surface area contributed by atoms with E-state index < -0.39 is 0 Å². The first-order valence-corrected chi connectivity index (χ1v) is 5.13. The maximum absolute atomic E-state index is 11.6. The number of nitrogens with zero attached hydrogens (tertiary/aromatic N) is 2. The number of carbonyl (C=O) groups is 1. The Kier molecular flexibility index (Phi) is 6.06. The zero-order valence-electron chi connectivity index (χ0n) is 9.80. The van der Waals surface area contributed by atoms with Crippen LogP contribution in [0, 0.1) is 5.92 Å². The van der Waals surface area contributed by atoms with Crippen molar-refractivity contribution in [1.82, 2.24) is 9.78 Å². The highest BCUT2D eigenvalue weighted by Crippen LogP contribution is 2.08. The number of rotatable bonds is 4. The van der Waals surface area contributed by atoms with Crippen LogP contribution in [-0.2, 0) is 11.3 Å². The Labute approximate surface area is 102 Å². The molecule has 1 heterocycles. The van der Waals surface area contributed by atoms with Crippen LogP contribution in [-0.4, -0.2) is 21.7 Å². The SMILES string of the molecule is CCn1cc(NC(=O)C(C)C(C)N)cn1.Cl. The molecule has 0 aliphatic heterocycles. The first-order chi connectivity index (χ1) is 7.04.